The summed E-state index contributed by atoms with van der Waals surface area (Å²) in [5, 5.41) is 10.3. The van der Waals surface area contributed by atoms with Gasteiger partial charge in [-0.25, -0.2) is 0 Å². The molecule has 0 amide bonds. The van der Waals surface area contributed by atoms with Crippen molar-refractivity contribution in [2.75, 3.05) is 4.90 Å². The second-order valence-corrected chi connectivity index (χ2v) is 10.8. The normalized spacial score (nSPS) is 11.7. The number of para-hydroxylation sites is 1. The van der Waals surface area contributed by atoms with E-state index in [1.54, 1.807) is 0 Å². The number of hydrogen-bond acceptors (Lipinski definition) is 2. The first-order chi connectivity index (χ1) is 18.9. The molecule has 0 atom stereocenters. The van der Waals surface area contributed by atoms with E-state index >= 15 is 0 Å². The zero-order valence-corrected chi connectivity index (χ0v) is 21.5. The summed E-state index contributed by atoms with van der Waals surface area (Å²) in [4.78, 5) is 2.44. The Morgan fingerprint density at radius 2 is 0.974 bits per heavy atom. The lowest BCUT2D eigenvalue weighted by Gasteiger charge is -2.28. The van der Waals surface area contributed by atoms with E-state index in [1.807, 2.05) is 11.3 Å². The Balaban J connectivity index is 1.47. The molecule has 0 aliphatic rings. The molecule has 0 spiro atoms. The van der Waals surface area contributed by atoms with Crippen LogP contribution >= 0.6 is 11.3 Å². The van der Waals surface area contributed by atoms with Gasteiger partial charge in [-0.2, -0.15) is 0 Å². The highest BCUT2D eigenvalue weighted by Gasteiger charge is 2.20. The van der Waals surface area contributed by atoms with E-state index in [0.29, 0.717) is 0 Å². The third-order valence-corrected chi connectivity index (χ3v) is 8.77. The average Bonchev–Trinajstić information content (AvgIpc) is 3.37. The highest BCUT2D eigenvalue weighted by molar-refractivity contribution is 7.26. The summed E-state index contributed by atoms with van der Waals surface area (Å²) in [6.45, 7) is 0. The van der Waals surface area contributed by atoms with Crippen molar-refractivity contribution >= 4 is 80.9 Å². The topological polar surface area (TPSA) is 3.24 Å². The molecule has 2 heteroatoms. The Morgan fingerprint density at radius 1 is 0.368 bits per heavy atom. The van der Waals surface area contributed by atoms with E-state index in [2.05, 4.69) is 144 Å². The molecule has 0 aliphatic carbocycles. The molecule has 0 saturated heterocycles. The van der Waals surface area contributed by atoms with Crippen LogP contribution in [0.25, 0.3) is 52.5 Å². The highest BCUT2D eigenvalue weighted by atomic mass is 32.1. The van der Waals surface area contributed by atoms with Crippen molar-refractivity contribution < 1.29 is 0 Å². The molecule has 0 saturated carbocycles. The van der Waals surface area contributed by atoms with E-state index in [1.165, 1.54) is 63.9 Å². The summed E-state index contributed by atoms with van der Waals surface area (Å²) in [7, 11) is 0. The maximum absolute atomic E-state index is 2.44. The molecular formula is C36H23NS. The van der Waals surface area contributed by atoms with Crippen LogP contribution in [-0.4, -0.2) is 0 Å². The zero-order valence-electron chi connectivity index (χ0n) is 20.6. The van der Waals surface area contributed by atoms with Gasteiger partial charge < -0.3 is 4.90 Å². The maximum Gasteiger partial charge on any atom is 0.0555 e. The van der Waals surface area contributed by atoms with Gasteiger partial charge in [-0.3, -0.25) is 0 Å². The van der Waals surface area contributed by atoms with Crippen molar-refractivity contribution in [3.8, 4) is 0 Å². The van der Waals surface area contributed by atoms with Gasteiger partial charge >= 0.3 is 0 Å². The van der Waals surface area contributed by atoms with Crippen LogP contribution in [-0.2, 0) is 0 Å². The van der Waals surface area contributed by atoms with Gasteiger partial charge in [0.15, 0.2) is 0 Å². The molecule has 0 aliphatic heterocycles. The number of thiophene rings is 1. The average molecular weight is 502 g/mol. The second-order valence-electron chi connectivity index (χ2n) is 9.74. The number of anilines is 3. The monoisotopic (exact) mass is 501 g/mol. The number of nitrogens with zero attached hydrogens (tertiary/aromatic N) is 1. The predicted octanol–water partition coefficient (Wildman–Crippen LogP) is 11.0. The Morgan fingerprint density at radius 3 is 1.89 bits per heavy atom. The van der Waals surface area contributed by atoms with Gasteiger partial charge in [0.25, 0.3) is 0 Å². The summed E-state index contributed by atoms with van der Waals surface area (Å²) in [5.74, 6) is 0. The van der Waals surface area contributed by atoms with Crippen LogP contribution in [0.2, 0.25) is 0 Å². The molecule has 7 aromatic carbocycles. The summed E-state index contributed by atoms with van der Waals surface area (Å²) >= 11 is 1.86. The standard InChI is InChI=1S/C36H23NS/c1-2-11-25(12-3-1)37(33-17-9-19-35-36(33)31-14-6-7-18-34(31)38-35)32-16-8-15-27-29-21-20-24-10-4-5-13-26(24)28(29)22-23-30(27)32/h1-23H. The van der Waals surface area contributed by atoms with E-state index in [9.17, 15) is 0 Å². The first kappa shape index (κ1) is 21.4. The van der Waals surface area contributed by atoms with Gasteiger partial charge in [0.05, 0.1) is 11.4 Å². The van der Waals surface area contributed by atoms with E-state index < -0.39 is 0 Å². The molecule has 0 unspecified atom stereocenters. The van der Waals surface area contributed by atoms with E-state index in [4.69, 9.17) is 0 Å². The van der Waals surface area contributed by atoms with Crippen molar-refractivity contribution in [2.24, 2.45) is 0 Å². The Labute approximate surface area is 224 Å². The maximum atomic E-state index is 2.44. The van der Waals surface area contributed by atoms with Crippen LogP contribution in [0.4, 0.5) is 17.1 Å². The van der Waals surface area contributed by atoms with Gasteiger partial charge in [-0.05, 0) is 63.3 Å². The van der Waals surface area contributed by atoms with Crippen molar-refractivity contribution in [1.82, 2.24) is 0 Å². The molecule has 0 radical (unpaired) electrons. The van der Waals surface area contributed by atoms with E-state index in [-0.39, 0.29) is 0 Å². The lowest BCUT2D eigenvalue weighted by Crippen LogP contribution is -2.10. The molecule has 8 rings (SSSR count). The van der Waals surface area contributed by atoms with Gasteiger partial charge in [-0.15, -0.1) is 11.3 Å². The fraction of sp³-hybridized carbons (Fsp3) is 0. The molecule has 1 nitrogen and oxygen atoms in total. The number of fused-ring (bicyclic) bond motifs is 8. The third kappa shape index (κ3) is 3.17. The predicted molar refractivity (Wildman–Crippen MR) is 167 cm³/mol. The molecular weight excluding hydrogens is 478 g/mol. The lowest BCUT2D eigenvalue weighted by atomic mass is 9.96. The van der Waals surface area contributed by atoms with Crippen molar-refractivity contribution in [3.63, 3.8) is 0 Å². The highest BCUT2D eigenvalue weighted by Crippen LogP contribution is 2.47. The van der Waals surface area contributed by atoms with Crippen molar-refractivity contribution in [3.05, 3.63) is 140 Å². The van der Waals surface area contributed by atoms with E-state index in [0.717, 1.165) is 5.69 Å². The third-order valence-electron chi connectivity index (χ3n) is 7.64. The van der Waals surface area contributed by atoms with Crippen molar-refractivity contribution in [2.45, 2.75) is 0 Å². The fourth-order valence-electron chi connectivity index (χ4n) is 5.96. The van der Waals surface area contributed by atoms with Crippen LogP contribution in [0.5, 0.6) is 0 Å². The van der Waals surface area contributed by atoms with Gasteiger partial charge in [-0.1, -0.05) is 103 Å². The molecule has 38 heavy (non-hydrogen) atoms. The quantitative estimate of drug-likeness (QED) is 0.218. The summed E-state index contributed by atoms with van der Waals surface area (Å²) in [5.41, 5.74) is 3.55. The lowest BCUT2D eigenvalue weighted by molar-refractivity contribution is 1.32. The molecule has 1 heterocycles. The summed E-state index contributed by atoms with van der Waals surface area (Å²) < 4.78 is 2.63. The van der Waals surface area contributed by atoms with Crippen LogP contribution in [0.15, 0.2) is 140 Å². The number of hydrogen-bond donors (Lipinski definition) is 0. The molecule has 8 aromatic rings. The minimum Gasteiger partial charge on any atom is -0.309 e. The first-order valence-corrected chi connectivity index (χ1v) is 13.8. The van der Waals surface area contributed by atoms with Crippen LogP contribution in [0.3, 0.4) is 0 Å². The zero-order chi connectivity index (χ0) is 25.1. The van der Waals surface area contributed by atoms with Crippen LogP contribution in [0.1, 0.15) is 0 Å². The Kier molecular flexibility index (Phi) is 4.76. The first-order valence-electron chi connectivity index (χ1n) is 13.0. The summed E-state index contributed by atoms with van der Waals surface area (Å²) in [6, 6.07) is 50.7. The molecule has 0 fully saturated rings. The second kappa shape index (κ2) is 8.44. The summed E-state index contributed by atoms with van der Waals surface area (Å²) in [6.07, 6.45) is 0. The van der Waals surface area contributed by atoms with Crippen LogP contribution in [0, 0.1) is 0 Å². The Hall–Kier alpha value is -4.66. The fourth-order valence-corrected chi connectivity index (χ4v) is 7.09. The molecule has 0 N–H and O–H groups in total. The van der Waals surface area contributed by atoms with Crippen LogP contribution < -0.4 is 4.90 Å². The Bertz CT molecular complexity index is 2140. The van der Waals surface area contributed by atoms with Gasteiger partial charge in [0.2, 0.25) is 0 Å². The smallest absolute Gasteiger partial charge is 0.0555 e. The van der Waals surface area contributed by atoms with Gasteiger partial charge in [0.1, 0.15) is 0 Å². The number of rotatable bonds is 3. The molecule has 0 bridgehead atoms. The SMILES string of the molecule is c1ccc(N(c2cccc3c2ccc2c4ccccc4ccc32)c2cccc3sc4ccccc4c23)cc1. The minimum atomic E-state index is 1.15. The number of benzene rings is 7. The largest absolute Gasteiger partial charge is 0.309 e. The van der Waals surface area contributed by atoms with Crippen molar-refractivity contribution in [1.29, 1.82) is 0 Å². The molecule has 1 aromatic heterocycles. The minimum absolute atomic E-state index is 1.15. The van der Waals surface area contributed by atoms with Gasteiger partial charge in [0, 0.05) is 31.2 Å². The molecule has 178 valence electrons.